The summed E-state index contributed by atoms with van der Waals surface area (Å²) in [7, 11) is 0. The Morgan fingerprint density at radius 3 is 2.64 bits per heavy atom. The van der Waals surface area contributed by atoms with Crippen molar-refractivity contribution >= 4 is 10.9 Å². The van der Waals surface area contributed by atoms with Gasteiger partial charge in [-0.2, -0.15) is 0 Å². The number of nitrogens with zero attached hydrogens (tertiary/aromatic N) is 1. The minimum absolute atomic E-state index is 0.544. The maximum absolute atomic E-state index is 5.98. The van der Waals surface area contributed by atoms with Crippen LogP contribution in [0.1, 0.15) is 23.6 Å². The summed E-state index contributed by atoms with van der Waals surface area (Å²) in [6, 6.07) is 14.5. The quantitative estimate of drug-likeness (QED) is 0.772. The van der Waals surface area contributed by atoms with E-state index in [0.717, 1.165) is 12.3 Å². The number of hydrogen-bond donors (Lipinski definition) is 1. The van der Waals surface area contributed by atoms with E-state index in [1.165, 1.54) is 27.6 Å². The van der Waals surface area contributed by atoms with Crippen molar-refractivity contribution in [2.75, 3.05) is 0 Å². The standard InChI is InChI=1S/C19H22N2O/c1-3-21-12-16(13-22-17-8-4-6-14(2)10-17)19-15(11-20)7-5-9-18(19)21/h4-10,12H,3,11,13,20H2,1-2H3. The van der Waals surface area contributed by atoms with E-state index in [1.54, 1.807) is 0 Å². The summed E-state index contributed by atoms with van der Waals surface area (Å²) in [5.74, 6) is 0.905. The Morgan fingerprint density at radius 2 is 1.91 bits per heavy atom. The molecule has 3 rings (SSSR count). The number of benzene rings is 2. The molecule has 0 saturated heterocycles. The van der Waals surface area contributed by atoms with Gasteiger partial charge in [0.25, 0.3) is 0 Å². The molecule has 3 nitrogen and oxygen atoms in total. The van der Waals surface area contributed by atoms with Crippen LogP contribution in [-0.2, 0) is 19.7 Å². The topological polar surface area (TPSA) is 40.2 Å². The van der Waals surface area contributed by atoms with Gasteiger partial charge in [0.05, 0.1) is 0 Å². The molecule has 0 atom stereocenters. The van der Waals surface area contributed by atoms with Crippen LogP contribution in [0.25, 0.3) is 10.9 Å². The smallest absolute Gasteiger partial charge is 0.120 e. The summed E-state index contributed by atoms with van der Waals surface area (Å²) in [6.45, 7) is 6.27. The molecule has 0 aliphatic rings. The van der Waals surface area contributed by atoms with E-state index in [9.17, 15) is 0 Å². The summed E-state index contributed by atoms with van der Waals surface area (Å²) in [6.07, 6.45) is 2.18. The second-order valence-corrected chi connectivity index (χ2v) is 5.56. The lowest BCUT2D eigenvalue weighted by atomic mass is 10.1. The van der Waals surface area contributed by atoms with E-state index < -0.39 is 0 Å². The zero-order valence-corrected chi connectivity index (χ0v) is 13.2. The van der Waals surface area contributed by atoms with Gasteiger partial charge < -0.3 is 15.0 Å². The number of hydrogen-bond acceptors (Lipinski definition) is 2. The predicted octanol–water partition coefficient (Wildman–Crippen LogP) is 4.01. The Balaban J connectivity index is 1.96. The van der Waals surface area contributed by atoms with Crippen molar-refractivity contribution < 1.29 is 4.74 Å². The van der Waals surface area contributed by atoms with Crippen LogP contribution in [0.2, 0.25) is 0 Å². The Hall–Kier alpha value is -2.26. The highest BCUT2D eigenvalue weighted by molar-refractivity contribution is 5.87. The van der Waals surface area contributed by atoms with E-state index in [4.69, 9.17) is 10.5 Å². The van der Waals surface area contributed by atoms with Crippen molar-refractivity contribution in [3.8, 4) is 5.75 Å². The zero-order valence-electron chi connectivity index (χ0n) is 13.2. The van der Waals surface area contributed by atoms with Gasteiger partial charge in [-0.15, -0.1) is 0 Å². The monoisotopic (exact) mass is 294 g/mol. The molecule has 0 fully saturated rings. The minimum atomic E-state index is 0.544. The summed E-state index contributed by atoms with van der Waals surface area (Å²) >= 11 is 0. The Bertz CT molecular complexity index is 789. The molecule has 3 aromatic rings. The fraction of sp³-hybridized carbons (Fsp3) is 0.263. The van der Waals surface area contributed by atoms with Gasteiger partial charge in [-0.05, 0) is 43.2 Å². The highest BCUT2D eigenvalue weighted by Gasteiger charge is 2.11. The van der Waals surface area contributed by atoms with Crippen LogP contribution < -0.4 is 10.5 Å². The van der Waals surface area contributed by atoms with Crippen LogP contribution in [0.15, 0.2) is 48.7 Å². The van der Waals surface area contributed by atoms with Crippen molar-refractivity contribution in [2.24, 2.45) is 5.73 Å². The van der Waals surface area contributed by atoms with E-state index in [0.29, 0.717) is 13.2 Å². The van der Waals surface area contributed by atoms with Gasteiger partial charge in [0, 0.05) is 35.8 Å². The van der Waals surface area contributed by atoms with E-state index in [1.807, 2.05) is 12.1 Å². The lowest BCUT2D eigenvalue weighted by molar-refractivity contribution is 0.307. The molecule has 22 heavy (non-hydrogen) atoms. The number of rotatable bonds is 5. The third-order valence-corrected chi connectivity index (χ3v) is 4.02. The van der Waals surface area contributed by atoms with Crippen molar-refractivity contribution in [3.63, 3.8) is 0 Å². The highest BCUT2D eigenvalue weighted by atomic mass is 16.5. The molecule has 3 heteroatoms. The Kier molecular flexibility index (Phi) is 4.16. The molecule has 0 spiro atoms. The first-order valence-electron chi connectivity index (χ1n) is 7.72. The molecular weight excluding hydrogens is 272 g/mol. The third kappa shape index (κ3) is 2.72. The van der Waals surface area contributed by atoms with Crippen LogP contribution in [0.4, 0.5) is 0 Å². The number of aryl methyl sites for hydroxylation is 2. The predicted molar refractivity (Wildman–Crippen MR) is 91.0 cm³/mol. The largest absolute Gasteiger partial charge is 0.489 e. The molecule has 0 amide bonds. The fourth-order valence-corrected chi connectivity index (χ4v) is 2.93. The fourth-order valence-electron chi connectivity index (χ4n) is 2.93. The van der Waals surface area contributed by atoms with Gasteiger partial charge in [-0.3, -0.25) is 0 Å². The molecule has 0 aliphatic carbocycles. The van der Waals surface area contributed by atoms with Gasteiger partial charge in [-0.1, -0.05) is 24.3 Å². The van der Waals surface area contributed by atoms with Crippen LogP contribution in [0, 0.1) is 6.92 Å². The SMILES string of the molecule is CCn1cc(COc2cccc(C)c2)c2c(CN)cccc21. The molecule has 2 aromatic carbocycles. The average molecular weight is 294 g/mol. The molecule has 0 unspecified atom stereocenters. The van der Waals surface area contributed by atoms with E-state index in [2.05, 4.69) is 54.9 Å². The maximum atomic E-state index is 5.98. The third-order valence-electron chi connectivity index (χ3n) is 4.02. The number of fused-ring (bicyclic) bond motifs is 1. The number of aromatic nitrogens is 1. The molecule has 1 aromatic heterocycles. The first kappa shape index (κ1) is 14.7. The first-order valence-corrected chi connectivity index (χ1v) is 7.72. The molecule has 1 heterocycles. The lowest BCUT2D eigenvalue weighted by Crippen LogP contribution is -2.00. The average Bonchev–Trinajstić information content (AvgIpc) is 2.91. The van der Waals surface area contributed by atoms with Gasteiger partial charge in [0.2, 0.25) is 0 Å². The minimum Gasteiger partial charge on any atom is -0.489 e. The summed E-state index contributed by atoms with van der Waals surface area (Å²) in [5, 5.41) is 1.24. The Labute approximate surface area is 131 Å². The van der Waals surface area contributed by atoms with Crippen molar-refractivity contribution in [2.45, 2.75) is 33.5 Å². The van der Waals surface area contributed by atoms with E-state index >= 15 is 0 Å². The number of ether oxygens (including phenoxy) is 1. The zero-order chi connectivity index (χ0) is 15.5. The van der Waals surface area contributed by atoms with Crippen LogP contribution in [0.3, 0.4) is 0 Å². The summed E-state index contributed by atoms with van der Waals surface area (Å²) < 4.78 is 8.24. The Morgan fingerprint density at radius 1 is 1.09 bits per heavy atom. The van der Waals surface area contributed by atoms with E-state index in [-0.39, 0.29) is 0 Å². The first-order chi connectivity index (χ1) is 10.7. The molecule has 2 N–H and O–H groups in total. The maximum Gasteiger partial charge on any atom is 0.120 e. The number of nitrogens with two attached hydrogens (primary N) is 1. The molecule has 0 radical (unpaired) electrons. The highest BCUT2D eigenvalue weighted by Crippen LogP contribution is 2.26. The van der Waals surface area contributed by atoms with Gasteiger partial charge >= 0.3 is 0 Å². The normalized spacial score (nSPS) is 11.0. The molecular formula is C19H22N2O. The summed E-state index contributed by atoms with van der Waals surface area (Å²) in [5.41, 5.74) is 10.7. The molecule has 114 valence electrons. The lowest BCUT2D eigenvalue weighted by Gasteiger charge is -2.07. The van der Waals surface area contributed by atoms with Crippen LogP contribution in [0.5, 0.6) is 5.75 Å². The second kappa shape index (κ2) is 6.24. The van der Waals surface area contributed by atoms with Crippen LogP contribution in [-0.4, -0.2) is 4.57 Å². The molecule has 0 aliphatic heterocycles. The van der Waals surface area contributed by atoms with Gasteiger partial charge in [-0.25, -0.2) is 0 Å². The van der Waals surface area contributed by atoms with Crippen molar-refractivity contribution in [3.05, 3.63) is 65.4 Å². The van der Waals surface area contributed by atoms with Gasteiger partial charge in [0.15, 0.2) is 0 Å². The second-order valence-electron chi connectivity index (χ2n) is 5.56. The van der Waals surface area contributed by atoms with Crippen molar-refractivity contribution in [1.29, 1.82) is 0 Å². The molecule has 0 bridgehead atoms. The molecule has 0 saturated carbocycles. The summed E-state index contributed by atoms with van der Waals surface area (Å²) in [4.78, 5) is 0. The van der Waals surface area contributed by atoms with Crippen LogP contribution >= 0.6 is 0 Å². The van der Waals surface area contributed by atoms with Crippen molar-refractivity contribution in [1.82, 2.24) is 4.57 Å². The van der Waals surface area contributed by atoms with Gasteiger partial charge in [0.1, 0.15) is 12.4 Å².